The molecule has 2 aromatic heterocycles. The fraction of sp³-hybridized carbons (Fsp3) is 0.500. The number of hydrogen-bond donors (Lipinski definition) is 4. The summed E-state index contributed by atoms with van der Waals surface area (Å²) in [6.45, 7) is 4.79. The van der Waals surface area contributed by atoms with Crippen molar-refractivity contribution in [2.75, 3.05) is 13.1 Å². The summed E-state index contributed by atoms with van der Waals surface area (Å²) >= 11 is 0. The molecule has 4 aliphatic rings. The van der Waals surface area contributed by atoms with Crippen LogP contribution in [0.4, 0.5) is 0 Å². The van der Waals surface area contributed by atoms with E-state index in [1.807, 2.05) is 34.1 Å². The first-order valence-corrected chi connectivity index (χ1v) is 17.2. The van der Waals surface area contributed by atoms with Gasteiger partial charge in [-0.1, -0.05) is 18.1 Å². The Balaban J connectivity index is 0.960. The van der Waals surface area contributed by atoms with Crippen molar-refractivity contribution in [1.82, 2.24) is 40.4 Å². The van der Waals surface area contributed by atoms with Crippen LogP contribution in [-0.2, 0) is 19.2 Å². The van der Waals surface area contributed by atoms with Crippen LogP contribution in [-0.4, -0.2) is 78.5 Å². The van der Waals surface area contributed by atoms with Gasteiger partial charge in [-0.3, -0.25) is 19.2 Å². The molecule has 7 rings (SSSR count). The molecule has 48 heavy (non-hydrogen) atoms. The number of nitrogens with one attached hydrogen (secondary N) is 4. The number of carbonyl (C=O) groups excluding carboxylic acids is 4. The van der Waals surface area contributed by atoms with Gasteiger partial charge in [0, 0.05) is 30.5 Å². The van der Waals surface area contributed by atoms with Gasteiger partial charge in [0.15, 0.2) is 0 Å². The normalized spacial score (nSPS) is 21.7. The van der Waals surface area contributed by atoms with Crippen molar-refractivity contribution >= 4 is 23.6 Å². The van der Waals surface area contributed by atoms with Gasteiger partial charge >= 0.3 is 0 Å². The van der Waals surface area contributed by atoms with Crippen molar-refractivity contribution in [3.63, 3.8) is 0 Å². The van der Waals surface area contributed by atoms with E-state index in [0.717, 1.165) is 74.0 Å². The third kappa shape index (κ3) is 6.86. The van der Waals surface area contributed by atoms with Gasteiger partial charge < -0.3 is 30.4 Å². The Kier molecular flexibility index (Phi) is 8.77. The number of imidazole rings is 2. The SMILES string of the molecule is CC(NC(=O)C1CC1)C(=O)N1CCCC1c1ncc(C#Cc2ccc(-c3cnc(C4CCCN4C(=O)C(C)NC(=O)C4CC4)[nH]3)cc2)[nH]1. The average molecular weight is 651 g/mol. The first-order valence-electron chi connectivity index (χ1n) is 17.2. The summed E-state index contributed by atoms with van der Waals surface area (Å²) in [7, 11) is 0. The molecule has 4 heterocycles. The third-order valence-corrected chi connectivity index (χ3v) is 9.79. The van der Waals surface area contributed by atoms with Crippen molar-refractivity contribution in [2.24, 2.45) is 11.8 Å². The van der Waals surface area contributed by atoms with Gasteiger partial charge in [-0.25, -0.2) is 9.97 Å². The topological polar surface area (TPSA) is 156 Å². The largest absolute Gasteiger partial charge is 0.344 e. The zero-order chi connectivity index (χ0) is 33.4. The predicted molar refractivity (Wildman–Crippen MR) is 177 cm³/mol. The van der Waals surface area contributed by atoms with Crippen LogP contribution in [0, 0.1) is 23.7 Å². The predicted octanol–water partition coefficient (Wildman–Crippen LogP) is 3.36. The smallest absolute Gasteiger partial charge is 0.245 e. The number of amides is 4. The number of hydrogen-bond acceptors (Lipinski definition) is 6. The Hall–Kier alpha value is -4.92. The first-order chi connectivity index (χ1) is 23.2. The van der Waals surface area contributed by atoms with Crippen LogP contribution in [0.25, 0.3) is 11.3 Å². The fourth-order valence-electron chi connectivity index (χ4n) is 6.70. The molecule has 12 nitrogen and oxygen atoms in total. The highest BCUT2D eigenvalue weighted by atomic mass is 16.2. The summed E-state index contributed by atoms with van der Waals surface area (Å²) in [5.74, 6) is 7.69. The third-order valence-electron chi connectivity index (χ3n) is 9.79. The Morgan fingerprint density at radius 1 is 0.729 bits per heavy atom. The molecule has 12 heteroatoms. The molecule has 2 saturated carbocycles. The van der Waals surface area contributed by atoms with E-state index in [4.69, 9.17) is 0 Å². The summed E-state index contributed by atoms with van der Waals surface area (Å²) in [6.07, 6.45) is 10.5. The van der Waals surface area contributed by atoms with Crippen LogP contribution in [0.2, 0.25) is 0 Å². The minimum atomic E-state index is -0.563. The molecule has 1 aromatic carbocycles. The van der Waals surface area contributed by atoms with E-state index in [1.165, 1.54) is 0 Å². The zero-order valence-electron chi connectivity index (χ0n) is 27.4. The minimum Gasteiger partial charge on any atom is -0.344 e. The van der Waals surface area contributed by atoms with E-state index in [0.29, 0.717) is 24.6 Å². The molecule has 0 spiro atoms. The van der Waals surface area contributed by atoms with Crippen LogP contribution in [0.3, 0.4) is 0 Å². The van der Waals surface area contributed by atoms with Gasteiger partial charge in [-0.2, -0.15) is 0 Å². The maximum absolute atomic E-state index is 13.2. The van der Waals surface area contributed by atoms with Crippen LogP contribution < -0.4 is 10.6 Å². The number of aromatic amines is 2. The molecular weight excluding hydrogens is 608 g/mol. The van der Waals surface area contributed by atoms with Crippen molar-refractivity contribution in [3.8, 4) is 23.1 Å². The number of nitrogens with zero attached hydrogens (tertiary/aromatic N) is 4. The van der Waals surface area contributed by atoms with E-state index in [9.17, 15) is 19.2 Å². The first kappa shape index (κ1) is 31.7. The van der Waals surface area contributed by atoms with Gasteiger partial charge in [-0.15, -0.1) is 0 Å². The van der Waals surface area contributed by atoms with E-state index in [2.05, 4.69) is 42.4 Å². The minimum absolute atomic E-state index is 0.0274. The highest BCUT2D eigenvalue weighted by Crippen LogP contribution is 2.34. The second kappa shape index (κ2) is 13.3. The summed E-state index contributed by atoms with van der Waals surface area (Å²) < 4.78 is 0. The molecule has 2 saturated heterocycles. The Morgan fingerprint density at radius 2 is 1.25 bits per heavy atom. The lowest BCUT2D eigenvalue weighted by molar-refractivity contribution is -0.137. The van der Waals surface area contributed by atoms with Gasteiger partial charge in [0.05, 0.1) is 30.2 Å². The maximum atomic E-state index is 13.2. The number of benzene rings is 1. The standard InChI is InChI=1S/C36H42N8O4/c1-21(39-33(45)25-12-13-25)35(47)43-17-3-5-29(43)31-37-19-27(41-31)16-9-23-7-10-24(11-8-23)28-20-38-32(42-28)30-6-4-18-44(30)36(48)22(2)40-34(46)26-14-15-26/h7-8,10-11,19-22,25-26,29-30H,3-6,12-15,17-18H2,1-2H3,(H,37,41)(H,38,42)(H,39,45)(H,40,46). The lowest BCUT2D eigenvalue weighted by atomic mass is 10.1. The van der Waals surface area contributed by atoms with E-state index < -0.39 is 12.1 Å². The highest BCUT2D eigenvalue weighted by Gasteiger charge is 2.38. The monoisotopic (exact) mass is 650 g/mol. The second-order valence-corrected chi connectivity index (χ2v) is 13.6. The number of aromatic nitrogens is 4. The average Bonchev–Trinajstić information content (AvgIpc) is 3.86. The quantitative estimate of drug-likeness (QED) is 0.260. The molecule has 0 bridgehead atoms. The van der Waals surface area contributed by atoms with Gasteiger partial charge in [0.2, 0.25) is 23.6 Å². The molecule has 250 valence electrons. The van der Waals surface area contributed by atoms with E-state index >= 15 is 0 Å². The maximum Gasteiger partial charge on any atom is 0.245 e. The summed E-state index contributed by atoms with van der Waals surface area (Å²) in [5.41, 5.74) is 3.31. The molecule has 4 fully saturated rings. The van der Waals surface area contributed by atoms with Crippen molar-refractivity contribution < 1.29 is 19.2 Å². The Morgan fingerprint density at radius 3 is 1.79 bits per heavy atom. The summed E-state index contributed by atoms with van der Waals surface area (Å²) in [4.78, 5) is 70.2. The summed E-state index contributed by atoms with van der Waals surface area (Å²) in [6, 6.07) is 6.43. The number of likely N-dealkylation sites (tertiary alicyclic amines) is 2. The van der Waals surface area contributed by atoms with Crippen molar-refractivity contribution in [2.45, 2.75) is 89.4 Å². The van der Waals surface area contributed by atoms with Crippen molar-refractivity contribution in [3.05, 3.63) is 59.6 Å². The Bertz CT molecular complexity index is 1760. The second-order valence-electron chi connectivity index (χ2n) is 13.6. The fourth-order valence-corrected chi connectivity index (χ4v) is 6.70. The molecular formula is C36H42N8O4. The molecule has 3 aromatic rings. The van der Waals surface area contributed by atoms with E-state index in [-0.39, 0.29) is 47.5 Å². The molecule has 4 atom stereocenters. The molecule has 2 aliphatic carbocycles. The van der Waals surface area contributed by atoms with Gasteiger partial charge in [0.25, 0.3) is 0 Å². The van der Waals surface area contributed by atoms with Crippen molar-refractivity contribution in [1.29, 1.82) is 0 Å². The number of H-pyrrole nitrogens is 2. The van der Waals surface area contributed by atoms with E-state index in [1.54, 1.807) is 26.2 Å². The van der Waals surface area contributed by atoms with Crippen LogP contribution in [0.5, 0.6) is 0 Å². The van der Waals surface area contributed by atoms with Gasteiger partial charge in [-0.05, 0) is 88.8 Å². The molecule has 4 unspecified atom stereocenters. The zero-order valence-corrected chi connectivity index (χ0v) is 27.4. The van der Waals surface area contributed by atoms with Gasteiger partial charge in [0.1, 0.15) is 29.4 Å². The molecule has 0 radical (unpaired) electrons. The molecule has 2 aliphatic heterocycles. The van der Waals surface area contributed by atoms with Crippen LogP contribution >= 0.6 is 0 Å². The van der Waals surface area contributed by atoms with Crippen LogP contribution in [0.1, 0.15) is 100 Å². The highest BCUT2D eigenvalue weighted by molar-refractivity contribution is 5.90. The number of carbonyl (C=O) groups is 4. The number of rotatable bonds is 9. The van der Waals surface area contributed by atoms with Crippen LogP contribution in [0.15, 0.2) is 36.7 Å². The lowest BCUT2D eigenvalue weighted by Gasteiger charge is -2.26. The molecule has 4 amide bonds. The summed E-state index contributed by atoms with van der Waals surface area (Å²) in [5, 5.41) is 5.74. The Labute approximate surface area is 279 Å². The lowest BCUT2D eigenvalue weighted by Crippen LogP contribution is -2.47. The molecule has 4 N–H and O–H groups in total.